The number of aryl methyl sites for hydroxylation is 1. The summed E-state index contributed by atoms with van der Waals surface area (Å²) in [7, 11) is 1.67. The van der Waals surface area contributed by atoms with Crippen molar-refractivity contribution in [1.29, 1.82) is 0 Å². The monoisotopic (exact) mass is 389 g/mol. The van der Waals surface area contributed by atoms with E-state index in [4.69, 9.17) is 4.74 Å². The zero-order valence-electron chi connectivity index (χ0n) is 12.9. The molecule has 1 heterocycles. The van der Waals surface area contributed by atoms with Gasteiger partial charge in [0.1, 0.15) is 10.8 Å². The van der Waals surface area contributed by atoms with Crippen LogP contribution in [0.1, 0.15) is 11.3 Å². The molecule has 4 nitrogen and oxygen atoms in total. The molecule has 1 aromatic heterocycles. The van der Waals surface area contributed by atoms with E-state index in [-0.39, 0.29) is 0 Å². The minimum Gasteiger partial charge on any atom is -0.497 e. The summed E-state index contributed by atoms with van der Waals surface area (Å²) in [5.74, 6) is 0.855. The van der Waals surface area contributed by atoms with Gasteiger partial charge in [-0.3, -0.25) is 0 Å². The molecule has 0 N–H and O–H groups in total. The summed E-state index contributed by atoms with van der Waals surface area (Å²) in [6, 6.07) is 16.2. The first kappa shape index (κ1) is 16.1. The van der Waals surface area contributed by atoms with Crippen LogP contribution in [0.15, 0.2) is 62.9 Å². The molecule has 0 amide bonds. The van der Waals surface area contributed by atoms with Gasteiger partial charge in [-0.25, -0.2) is 4.68 Å². The van der Waals surface area contributed by atoms with E-state index in [0.29, 0.717) is 6.54 Å². The highest BCUT2D eigenvalue weighted by molar-refractivity contribution is 9.10. The highest BCUT2D eigenvalue weighted by Crippen LogP contribution is 2.30. The van der Waals surface area contributed by atoms with Crippen molar-refractivity contribution in [2.75, 3.05) is 7.11 Å². The largest absolute Gasteiger partial charge is 0.497 e. The first-order chi connectivity index (χ1) is 11.2. The number of ether oxygens (including phenoxy) is 1. The van der Waals surface area contributed by atoms with Crippen molar-refractivity contribution in [2.45, 2.75) is 23.4 Å². The number of hydrogen-bond acceptors (Lipinski definition) is 4. The number of nitrogens with zero attached hydrogens (tertiary/aromatic N) is 3. The van der Waals surface area contributed by atoms with E-state index < -0.39 is 0 Å². The third-order valence-corrected chi connectivity index (χ3v) is 5.10. The number of methoxy groups -OCH3 is 1. The summed E-state index contributed by atoms with van der Waals surface area (Å²) < 4.78 is 8.20. The average Bonchev–Trinajstić information content (AvgIpc) is 2.91. The van der Waals surface area contributed by atoms with Gasteiger partial charge in [-0.15, -0.1) is 5.10 Å². The predicted octanol–water partition coefficient (Wildman–Crippen LogP) is 4.56. The standard InChI is InChI=1S/C17H16BrN3OS/c1-12-17(23-16-9-5-14(18)6-10-16)21(20-19-12)11-13-3-7-15(22-2)8-4-13/h3-10H,11H2,1-2H3. The van der Waals surface area contributed by atoms with Crippen LogP contribution in [0.25, 0.3) is 0 Å². The third kappa shape index (κ3) is 3.95. The van der Waals surface area contributed by atoms with Crippen LogP contribution in [0, 0.1) is 6.92 Å². The van der Waals surface area contributed by atoms with E-state index in [1.54, 1.807) is 18.9 Å². The summed E-state index contributed by atoms with van der Waals surface area (Å²) in [5.41, 5.74) is 2.10. The van der Waals surface area contributed by atoms with Crippen LogP contribution in [-0.4, -0.2) is 22.1 Å². The van der Waals surface area contributed by atoms with Gasteiger partial charge in [0.25, 0.3) is 0 Å². The van der Waals surface area contributed by atoms with Crippen LogP contribution < -0.4 is 4.74 Å². The molecule has 0 aliphatic rings. The fraction of sp³-hybridized carbons (Fsp3) is 0.176. The molecular weight excluding hydrogens is 374 g/mol. The Kier molecular flexibility index (Phi) is 5.03. The lowest BCUT2D eigenvalue weighted by Crippen LogP contribution is -2.03. The molecule has 0 saturated heterocycles. The molecule has 0 aliphatic heterocycles. The molecule has 23 heavy (non-hydrogen) atoms. The Labute approximate surface area is 148 Å². The van der Waals surface area contributed by atoms with Gasteiger partial charge in [0.15, 0.2) is 0 Å². The molecule has 0 saturated carbocycles. The predicted molar refractivity (Wildman–Crippen MR) is 95.1 cm³/mol. The normalized spacial score (nSPS) is 10.7. The van der Waals surface area contributed by atoms with Crippen molar-refractivity contribution in [2.24, 2.45) is 0 Å². The first-order valence-electron chi connectivity index (χ1n) is 7.12. The lowest BCUT2D eigenvalue weighted by atomic mass is 10.2. The number of hydrogen-bond donors (Lipinski definition) is 0. The highest BCUT2D eigenvalue weighted by atomic mass is 79.9. The summed E-state index contributed by atoms with van der Waals surface area (Å²) in [6.45, 7) is 2.67. The molecule has 118 valence electrons. The second kappa shape index (κ2) is 7.19. The van der Waals surface area contributed by atoms with Gasteiger partial charge in [-0.05, 0) is 48.9 Å². The van der Waals surface area contributed by atoms with Gasteiger partial charge < -0.3 is 4.74 Å². The number of benzene rings is 2. The van der Waals surface area contributed by atoms with E-state index >= 15 is 0 Å². The molecule has 3 aromatic rings. The maximum Gasteiger partial charge on any atom is 0.122 e. The van der Waals surface area contributed by atoms with Crippen LogP contribution in [0.4, 0.5) is 0 Å². The summed E-state index contributed by atoms with van der Waals surface area (Å²) in [6.07, 6.45) is 0. The van der Waals surface area contributed by atoms with Crippen LogP contribution >= 0.6 is 27.7 Å². The average molecular weight is 390 g/mol. The maximum atomic E-state index is 5.19. The van der Waals surface area contributed by atoms with Crippen LogP contribution in [-0.2, 0) is 6.54 Å². The number of halogens is 1. The Balaban J connectivity index is 1.81. The molecule has 0 fully saturated rings. The summed E-state index contributed by atoms with van der Waals surface area (Å²) in [5, 5.41) is 9.55. The molecule has 6 heteroatoms. The summed E-state index contributed by atoms with van der Waals surface area (Å²) >= 11 is 5.13. The molecule has 0 bridgehead atoms. The highest BCUT2D eigenvalue weighted by Gasteiger charge is 2.11. The van der Waals surface area contributed by atoms with Gasteiger partial charge in [-0.1, -0.05) is 45.0 Å². The van der Waals surface area contributed by atoms with E-state index in [2.05, 4.69) is 38.4 Å². The quantitative estimate of drug-likeness (QED) is 0.641. The SMILES string of the molecule is COc1ccc(Cn2nnc(C)c2Sc2ccc(Br)cc2)cc1. The van der Waals surface area contributed by atoms with Gasteiger partial charge in [0.2, 0.25) is 0 Å². The van der Waals surface area contributed by atoms with E-state index in [9.17, 15) is 0 Å². The second-order valence-electron chi connectivity index (χ2n) is 5.04. The zero-order chi connectivity index (χ0) is 16.2. The Morgan fingerprint density at radius 2 is 1.78 bits per heavy atom. The molecule has 0 unspecified atom stereocenters. The fourth-order valence-electron chi connectivity index (χ4n) is 2.14. The van der Waals surface area contributed by atoms with Crippen molar-refractivity contribution < 1.29 is 4.74 Å². The Bertz CT molecular complexity index is 785. The molecule has 3 rings (SSSR count). The molecule has 0 spiro atoms. The molecular formula is C17H16BrN3OS. The Morgan fingerprint density at radius 3 is 2.43 bits per heavy atom. The van der Waals surface area contributed by atoms with Gasteiger partial charge in [0.05, 0.1) is 19.3 Å². The van der Waals surface area contributed by atoms with E-state index in [1.807, 2.05) is 48.0 Å². The lowest BCUT2D eigenvalue weighted by Gasteiger charge is -2.08. The maximum absolute atomic E-state index is 5.19. The van der Waals surface area contributed by atoms with Crippen molar-refractivity contribution in [3.05, 3.63) is 64.3 Å². The van der Waals surface area contributed by atoms with E-state index in [0.717, 1.165) is 31.4 Å². The van der Waals surface area contributed by atoms with Crippen molar-refractivity contribution in [3.63, 3.8) is 0 Å². The smallest absolute Gasteiger partial charge is 0.122 e. The lowest BCUT2D eigenvalue weighted by molar-refractivity contribution is 0.414. The molecule has 0 atom stereocenters. The second-order valence-corrected chi connectivity index (χ2v) is 7.02. The van der Waals surface area contributed by atoms with Gasteiger partial charge in [-0.2, -0.15) is 0 Å². The third-order valence-electron chi connectivity index (χ3n) is 3.37. The number of aromatic nitrogens is 3. The fourth-order valence-corrected chi connectivity index (χ4v) is 3.29. The van der Waals surface area contributed by atoms with Crippen LogP contribution in [0.5, 0.6) is 5.75 Å². The van der Waals surface area contributed by atoms with Crippen LogP contribution in [0.3, 0.4) is 0 Å². The van der Waals surface area contributed by atoms with Gasteiger partial charge >= 0.3 is 0 Å². The Hall–Kier alpha value is -1.79. The minimum absolute atomic E-state index is 0.684. The van der Waals surface area contributed by atoms with Crippen LogP contribution in [0.2, 0.25) is 0 Å². The molecule has 2 aromatic carbocycles. The molecule has 0 radical (unpaired) electrons. The zero-order valence-corrected chi connectivity index (χ0v) is 15.3. The van der Waals surface area contributed by atoms with Crippen molar-refractivity contribution in [3.8, 4) is 5.75 Å². The summed E-state index contributed by atoms with van der Waals surface area (Å²) in [4.78, 5) is 1.16. The van der Waals surface area contributed by atoms with Crippen molar-refractivity contribution >= 4 is 27.7 Å². The minimum atomic E-state index is 0.684. The van der Waals surface area contributed by atoms with Crippen molar-refractivity contribution in [1.82, 2.24) is 15.0 Å². The molecule has 0 aliphatic carbocycles. The topological polar surface area (TPSA) is 39.9 Å². The number of rotatable bonds is 5. The van der Waals surface area contributed by atoms with Gasteiger partial charge in [0, 0.05) is 9.37 Å². The van der Waals surface area contributed by atoms with E-state index in [1.165, 1.54) is 0 Å². The Morgan fingerprint density at radius 1 is 1.09 bits per heavy atom. The first-order valence-corrected chi connectivity index (χ1v) is 8.73.